The van der Waals surface area contributed by atoms with Gasteiger partial charge < -0.3 is 25.4 Å². The predicted molar refractivity (Wildman–Crippen MR) is 99.7 cm³/mol. The normalized spacial score (nSPS) is 22.6. The Morgan fingerprint density at radius 3 is 2.27 bits per heavy atom. The van der Waals surface area contributed by atoms with Gasteiger partial charge in [0.25, 0.3) is 5.91 Å². The number of hydrogen-bond acceptors (Lipinski definition) is 4. The van der Waals surface area contributed by atoms with Crippen LogP contribution in [-0.2, 0) is 11.2 Å². The number of piperazine rings is 1. The third-order valence-corrected chi connectivity index (χ3v) is 5.88. The monoisotopic (exact) mass is 360 g/mol. The Balaban J connectivity index is 1.83. The number of phenols is 1. The summed E-state index contributed by atoms with van der Waals surface area (Å²) in [4.78, 5) is 16.7. The highest BCUT2D eigenvalue weighted by Gasteiger charge is 2.43. The number of phenolic OH excluding ortho intramolecular Hbond substituents is 1. The van der Waals surface area contributed by atoms with Crippen molar-refractivity contribution in [2.45, 2.75) is 46.1 Å². The summed E-state index contributed by atoms with van der Waals surface area (Å²) >= 11 is 0. The van der Waals surface area contributed by atoms with Crippen molar-refractivity contribution in [3.8, 4) is 11.5 Å². The van der Waals surface area contributed by atoms with E-state index in [1.54, 1.807) is 9.80 Å². The van der Waals surface area contributed by atoms with E-state index < -0.39 is 5.60 Å². The molecule has 2 aliphatic rings. The van der Waals surface area contributed by atoms with Crippen molar-refractivity contribution in [1.29, 1.82) is 5.41 Å². The van der Waals surface area contributed by atoms with Crippen LogP contribution in [-0.4, -0.2) is 58.6 Å². The van der Waals surface area contributed by atoms with Crippen molar-refractivity contribution in [3.05, 3.63) is 22.3 Å². The fourth-order valence-electron chi connectivity index (χ4n) is 3.88. The van der Waals surface area contributed by atoms with Crippen LogP contribution in [0.4, 0.5) is 0 Å². The van der Waals surface area contributed by atoms with Crippen LogP contribution in [0.2, 0.25) is 0 Å². The Kier molecular flexibility index (Phi) is 4.50. The molecular formula is C19H28N4O3. The molecule has 1 fully saturated rings. The van der Waals surface area contributed by atoms with E-state index in [9.17, 15) is 9.90 Å². The molecule has 142 valence electrons. The van der Waals surface area contributed by atoms with Crippen LogP contribution >= 0.6 is 0 Å². The zero-order chi connectivity index (χ0) is 19.2. The fraction of sp³-hybridized carbons (Fsp3) is 0.579. The van der Waals surface area contributed by atoms with E-state index in [4.69, 9.17) is 15.9 Å². The minimum absolute atomic E-state index is 0.0193. The van der Waals surface area contributed by atoms with Crippen molar-refractivity contribution in [3.63, 3.8) is 0 Å². The van der Waals surface area contributed by atoms with Gasteiger partial charge in [-0.05, 0) is 50.8 Å². The average molecular weight is 360 g/mol. The molecule has 0 bridgehead atoms. The number of nitrogens with one attached hydrogen (secondary N) is 1. The number of aromatic hydroxyl groups is 1. The highest BCUT2D eigenvalue weighted by molar-refractivity contribution is 5.86. The first kappa shape index (κ1) is 18.4. The van der Waals surface area contributed by atoms with Crippen LogP contribution in [0.3, 0.4) is 0 Å². The summed E-state index contributed by atoms with van der Waals surface area (Å²) in [6.45, 7) is 9.76. The van der Waals surface area contributed by atoms with Gasteiger partial charge in [-0.25, -0.2) is 0 Å². The van der Waals surface area contributed by atoms with E-state index in [0.717, 1.165) is 28.0 Å². The maximum atomic E-state index is 13.2. The van der Waals surface area contributed by atoms with E-state index in [-0.39, 0.29) is 11.9 Å². The van der Waals surface area contributed by atoms with Crippen molar-refractivity contribution in [1.82, 2.24) is 9.80 Å². The molecule has 1 saturated heterocycles. The Bertz CT molecular complexity index is 769. The maximum Gasteiger partial charge on any atom is 0.266 e. The number of nitrogens with two attached hydrogens (primary N) is 1. The second-order valence-corrected chi connectivity index (χ2v) is 7.53. The lowest BCUT2D eigenvalue weighted by Crippen LogP contribution is -2.59. The molecule has 0 radical (unpaired) electrons. The number of carbonyl (C=O) groups is 1. The van der Waals surface area contributed by atoms with Crippen LogP contribution in [0.1, 0.15) is 35.6 Å². The summed E-state index contributed by atoms with van der Waals surface area (Å²) in [5.74, 6) is 1.09. The Morgan fingerprint density at radius 1 is 1.12 bits per heavy atom. The number of guanidine groups is 1. The van der Waals surface area contributed by atoms with Gasteiger partial charge in [-0.3, -0.25) is 10.2 Å². The minimum Gasteiger partial charge on any atom is -0.507 e. The topological polar surface area (TPSA) is 103 Å². The van der Waals surface area contributed by atoms with Gasteiger partial charge in [0, 0.05) is 38.2 Å². The summed E-state index contributed by atoms with van der Waals surface area (Å²) in [7, 11) is 0. The number of fused-ring (bicyclic) bond motifs is 1. The standard InChI is InChI=1S/C19H28N4O3/c1-11-12(2)16-14(13(3)15(11)24)5-6-19(4,26-16)17(25)22-7-9-23(10-8-22)18(20)21/h24H,5-10H2,1-4H3,(H3,20,21). The first-order valence-electron chi connectivity index (χ1n) is 9.04. The van der Waals surface area contributed by atoms with Crippen molar-refractivity contribution < 1.29 is 14.6 Å². The van der Waals surface area contributed by atoms with Gasteiger partial charge in [-0.1, -0.05) is 0 Å². The second-order valence-electron chi connectivity index (χ2n) is 7.53. The Morgan fingerprint density at radius 2 is 1.69 bits per heavy atom. The number of amides is 1. The lowest BCUT2D eigenvalue weighted by Gasteiger charge is -2.42. The largest absolute Gasteiger partial charge is 0.507 e. The first-order chi connectivity index (χ1) is 12.2. The van der Waals surface area contributed by atoms with E-state index >= 15 is 0 Å². The van der Waals surface area contributed by atoms with Crippen LogP contribution in [0.15, 0.2) is 0 Å². The third kappa shape index (κ3) is 2.85. The molecule has 2 heterocycles. The Hall–Kier alpha value is -2.44. The predicted octanol–water partition coefficient (Wildman–Crippen LogP) is 1.44. The SMILES string of the molecule is Cc1c(C)c2c(c(C)c1O)CCC(C)(C(=O)N1CCN(C(=N)N)CC1)O2. The number of carbonyl (C=O) groups excluding carboxylic acids is 1. The van der Waals surface area contributed by atoms with Gasteiger partial charge >= 0.3 is 0 Å². The molecule has 2 aliphatic heterocycles. The molecule has 26 heavy (non-hydrogen) atoms. The average Bonchev–Trinajstić information content (AvgIpc) is 2.64. The van der Waals surface area contributed by atoms with E-state index in [2.05, 4.69) is 0 Å². The van der Waals surface area contributed by atoms with E-state index in [1.165, 1.54) is 0 Å². The third-order valence-electron chi connectivity index (χ3n) is 5.88. The second kappa shape index (κ2) is 6.37. The quantitative estimate of drug-likeness (QED) is 0.519. The van der Waals surface area contributed by atoms with Gasteiger partial charge in [0.05, 0.1) is 0 Å². The van der Waals surface area contributed by atoms with Crippen LogP contribution in [0, 0.1) is 26.2 Å². The zero-order valence-electron chi connectivity index (χ0n) is 16.0. The Labute approximate surface area is 154 Å². The molecule has 1 unspecified atom stereocenters. The van der Waals surface area contributed by atoms with Crippen LogP contribution in [0.25, 0.3) is 0 Å². The smallest absolute Gasteiger partial charge is 0.266 e. The fourth-order valence-corrected chi connectivity index (χ4v) is 3.88. The molecule has 4 N–H and O–H groups in total. The van der Waals surface area contributed by atoms with Gasteiger partial charge in [-0.15, -0.1) is 0 Å². The summed E-state index contributed by atoms with van der Waals surface area (Å²) in [5.41, 5.74) is 8.15. The van der Waals surface area contributed by atoms with Crippen molar-refractivity contribution in [2.24, 2.45) is 5.73 Å². The van der Waals surface area contributed by atoms with Crippen molar-refractivity contribution >= 4 is 11.9 Å². The molecule has 3 rings (SSSR count). The highest BCUT2D eigenvalue weighted by atomic mass is 16.5. The molecule has 0 aromatic heterocycles. The maximum absolute atomic E-state index is 13.2. The van der Waals surface area contributed by atoms with E-state index in [0.29, 0.717) is 44.8 Å². The molecule has 1 atom stereocenters. The molecule has 1 amide bonds. The number of nitrogens with zero attached hydrogens (tertiary/aromatic N) is 2. The molecule has 7 heteroatoms. The summed E-state index contributed by atoms with van der Waals surface area (Å²) in [6, 6.07) is 0. The highest BCUT2D eigenvalue weighted by Crippen LogP contribution is 2.43. The first-order valence-corrected chi connectivity index (χ1v) is 9.04. The van der Waals surface area contributed by atoms with Gasteiger partial charge in [0.2, 0.25) is 0 Å². The van der Waals surface area contributed by atoms with Crippen LogP contribution < -0.4 is 10.5 Å². The molecule has 0 spiro atoms. The van der Waals surface area contributed by atoms with E-state index in [1.807, 2.05) is 27.7 Å². The summed E-state index contributed by atoms with van der Waals surface area (Å²) < 4.78 is 6.27. The lowest BCUT2D eigenvalue weighted by atomic mass is 9.86. The molecule has 7 nitrogen and oxygen atoms in total. The molecule has 1 aromatic carbocycles. The molecule has 1 aromatic rings. The number of rotatable bonds is 1. The van der Waals surface area contributed by atoms with Gasteiger partial charge in [0.1, 0.15) is 11.5 Å². The molecule has 0 saturated carbocycles. The molecule has 0 aliphatic carbocycles. The number of ether oxygens (including phenoxy) is 1. The minimum atomic E-state index is -0.911. The van der Waals surface area contributed by atoms with Gasteiger partial charge in [-0.2, -0.15) is 0 Å². The number of hydrogen-bond donors (Lipinski definition) is 3. The number of benzene rings is 1. The van der Waals surface area contributed by atoms with Gasteiger partial charge in [0.15, 0.2) is 11.6 Å². The summed E-state index contributed by atoms with van der Waals surface area (Å²) in [6.07, 6.45) is 1.28. The zero-order valence-corrected chi connectivity index (χ0v) is 16.0. The lowest BCUT2D eigenvalue weighted by molar-refractivity contribution is -0.149. The summed E-state index contributed by atoms with van der Waals surface area (Å²) in [5, 5.41) is 17.8. The van der Waals surface area contributed by atoms with Crippen molar-refractivity contribution in [2.75, 3.05) is 26.2 Å². The van der Waals surface area contributed by atoms with Crippen LogP contribution in [0.5, 0.6) is 11.5 Å². The molecular weight excluding hydrogens is 332 g/mol.